The van der Waals surface area contributed by atoms with Crippen LogP contribution in [0.15, 0.2) is 29.2 Å². The monoisotopic (exact) mass is 394 g/mol. The van der Waals surface area contributed by atoms with Gasteiger partial charge < -0.3 is 9.64 Å². The lowest BCUT2D eigenvalue weighted by molar-refractivity contribution is -0.137. The predicted molar refractivity (Wildman–Crippen MR) is 104 cm³/mol. The SMILES string of the molecule is CCc1ccccc1S(=O)(=O)N1CCC(N(C(C)=O)C2CCOCC2)CC1. The van der Waals surface area contributed by atoms with E-state index in [1.165, 1.54) is 0 Å². The molecule has 1 aromatic rings. The Kier molecular flexibility index (Phi) is 6.55. The van der Waals surface area contributed by atoms with Gasteiger partial charge in [0.2, 0.25) is 15.9 Å². The van der Waals surface area contributed by atoms with Crippen LogP contribution in [0, 0.1) is 0 Å². The molecule has 27 heavy (non-hydrogen) atoms. The van der Waals surface area contributed by atoms with Gasteiger partial charge in [-0.15, -0.1) is 0 Å². The molecule has 0 spiro atoms. The fourth-order valence-corrected chi connectivity index (χ4v) is 6.09. The molecule has 3 rings (SSSR count). The van der Waals surface area contributed by atoms with Crippen LogP contribution in [0.25, 0.3) is 0 Å². The number of piperidine rings is 1. The van der Waals surface area contributed by atoms with Gasteiger partial charge in [0.15, 0.2) is 0 Å². The molecular weight excluding hydrogens is 364 g/mol. The molecule has 0 radical (unpaired) electrons. The Morgan fingerprint density at radius 3 is 2.30 bits per heavy atom. The number of amides is 1. The van der Waals surface area contributed by atoms with Gasteiger partial charge in [0.25, 0.3) is 0 Å². The number of ether oxygens (including phenoxy) is 1. The third-order valence-corrected chi connectivity index (χ3v) is 7.74. The largest absolute Gasteiger partial charge is 0.381 e. The maximum atomic E-state index is 13.1. The van der Waals surface area contributed by atoms with Crippen LogP contribution in [0.4, 0.5) is 0 Å². The maximum Gasteiger partial charge on any atom is 0.243 e. The van der Waals surface area contributed by atoms with Crippen LogP contribution in [0.1, 0.15) is 45.1 Å². The standard InChI is InChI=1S/C20H30N2O4S/c1-3-17-6-4-5-7-20(17)27(24,25)21-12-8-18(9-13-21)22(16(2)23)19-10-14-26-15-11-19/h4-7,18-19H,3,8-15H2,1-2H3. The van der Waals surface area contributed by atoms with E-state index in [0.29, 0.717) is 50.5 Å². The molecule has 0 bridgehead atoms. The average Bonchev–Trinajstić information content (AvgIpc) is 2.69. The number of carbonyl (C=O) groups is 1. The zero-order chi connectivity index (χ0) is 19.4. The summed E-state index contributed by atoms with van der Waals surface area (Å²) in [5.74, 6) is 0.0829. The van der Waals surface area contributed by atoms with Crippen LogP contribution < -0.4 is 0 Å². The Balaban J connectivity index is 1.71. The molecule has 6 nitrogen and oxygen atoms in total. The third-order valence-electron chi connectivity index (χ3n) is 5.74. The van der Waals surface area contributed by atoms with Crippen molar-refractivity contribution in [2.45, 2.75) is 62.9 Å². The number of carbonyl (C=O) groups excluding carboxylic acids is 1. The molecule has 0 atom stereocenters. The summed E-state index contributed by atoms with van der Waals surface area (Å²) in [7, 11) is -3.49. The van der Waals surface area contributed by atoms with Gasteiger partial charge in [-0.1, -0.05) is 25.1 Å². The van der Waals surface area contributed by atoms with E-state index in [9.17, 15) is 13.2 Å². The molecule has 150 valence electrons. The first kappa shape index (κ1) is 20.3. The summed E-state index contributed by atoms with van der Waals surface area (Å²) >= 11 is 0. The van der Waals surface area contributed by atoms with E-state index < -0.39 is 10.0 Å². The minimum atomic E-state index is -3.49. The highest BCUT2D eigenvalue weighted by Gasteiger charge is 2.36. The lowest BCUT2D eigenvalue weighted by Gasteiger charge is -2.43. The van der Waals surface area contributed by atoms with Gasteiger partial charge in [0, 0.05) is 45.3 Å². The third kappa shape index (κ3) is 4.36. The number of hydrogen-bond donors (Lipinski definition) is 0. The second-order valence-corrected chi connectivity index (χ2v) is 9.27. The molecule has 0 saturated carbocycles. The molecule has 2 aliphatic heterocycles. The summed E-state index contributed by atoms with van der Waals surface area (Å²) in [5.41, 5.74) is 0.854. The van der Waals surface area contributed by atoms with Crippen LogP contribution in [0.3, 0.4) is 0 Å². The Bertz CT molecular complexity index is 751. The molecule has 0 N–H and O–H groups in total. The van der Waals surface area contributed by atoms with Crippen molar-refractivity contribution in [1.29, 1.82) is 0 Å². The normalized spacial score (nSPS) is 20.5. The molecule has 0 aliphatic carbocycles. The summed E-state index contributed by atoms with van der Waals surface area (Å²) in [6.07, 6.45) is 3.78. The fourth-order valence-electron chi connectivity index (χ4n) is 4.32. The van der Waals surface area contributed by atoms with E-state index in [2.05, 4.69) is 0 Å². The van der Waals surface area contributed by atoms with Gasteiger partial charge in [-0.25, -0.2) is 8.42 Å². The molecule has 0 unspecified atom stereocenters. The lowest BCUT2D eigenvalue weighted by Crippen LogP contribution is -2.53. The Hall–Kier alpha value is -1.44. The topological polar surface area (TPSA) is 66.9 Å². The van der Waals surface area contributed by atoms with Gasteiger partial charge in [0.05, 0.1) is 4.90 Å². The van der Waals surface area contributed by atoms with Gasteiger partial charge in [-0.2, -0.15) is 4.31 Å². The molecule has 1 amide bonds. The zero-order valence-electron chi connectivity index (χ0n) is 16.3. The number of aryl methyl sites for hydroxylation is 1. The van der Waals surface area contributed by atoms with E-state index in [-0.39, 0.29) is 18.0 Å². The second-order valence-electron chi connectivity index (χ2n) is 7.37. The van der Waals surface area contributed by atoms with Crippen molar-refractivity contribution >= 4 is 15.9 Å². The number of rotatable bonds is 5. The molecule has 2 heterocycles. The molecular formula is C20H30N2O4S. The number of nitrogens with zero attached hydrogens (tertiary/aromatic N) is 2. The zero-order valence-corrected chi connectivity index (χ0v) is 17.1. The van der Waals surface area contributed by atoms with Gasteiger partial charge >= 0.3 is 0 Å². The summed E-state index contributed by atoms with van der Waals surface area (Å²) in [5, 5.41) is 0. The maximum absolute atomic E-state index is 13.1. The highest BCUT2D eigenvalue weighted by atomic mass is 32.2. The van der Waals surface area contributed by atoms with Crippen molar-refractivity contribution in [3.8, 4) is 0 Å². The molecule has 2 fully saturated rings. The van der Waals surface area contributed by atoms with E-state index in [0.717, 1.165) is 18.4 Å². The Labute approximate surface area is 162 Å². The predicted octanol–water partition coefficient (Wildman–Crippen LogP) is 2.43. The minimum Gasteiger partial charge on any atom is -0.381 e. The number of sulfonamides is 1. The Morgan fingerprint density at radius 1 is 1.11 bits per heavy atom. The van der Waals surface area contributed by atoms with Crippen LogP contribution in [-0.2, 0) is 26.0 Å². The van der Waals surface area contributed by atoms with Crippen LogP contribution in [0.2, 0.25) is 0 Å². The van der Waals surface area contributed by atoms with E-state index >= 15 is 0 Å². The van der Waals surface area contributed by atoms with Crippen molar-refractivity contribution in [2.24, 2.45) is 0 Å². The summed E-state index contributed by atoms with van der Waals surface area (Å²) in [6, 6.07) is 7.56. The van der Waals surface area contributed by atoms with Crippen LogP contribution >= 0.6 is 0 Å². The lowest BCUT2D eigenvalue weighted by atomic mass is 9.99. The molecule has 1 aromatic carbocycles. The summed E-state index contributed by atoms with van der Waals surface area (Å²) in [6.45, 7) is 5.89. The van der Waals surface area contributed by atoms with E-state index in [1.807, 2.05) is 24.0 Å². The molecule has 2 saturated heterocycles. The highest BCUT2D eigenvalue weighted by Crippen LogP contribution is 2.28. The fraction of sp³-hybridized carbons (Fsp3) is 0.650. The summed E-state index contributed by atoms with van der Waals surface area (Å²) in [4.78, 5) is 14.7. The second kappa shape index (κ2) is 8.71. The van der Waals surface area contributed by atoms with Crippen molar-refractivity contribution < 1.29 is 17.9 Å². The highest BCUT2D eigenvalue weighted by molar-refractivity contribution is 7.89. The minimum absolute atomic E-state index is 0.0829. The van der Waals surface area contributed by atoms with Gasteiger partial charge in [-0.3, -0.25) is 4.79 Å². The van der Waals surface area contributed by atoms with Crippen molar-refractivity contribution in [2.75, 3.05) is 26.3 Å². The van der Waals surface area contributed by atoms with Gasteiger partial charge in [0.1, 0.15) is 0 Å². The number of hydrogen-bond acceptors (Lipinski definition) is 4. The van der Waals surface area contributed by atoms with Crippen LogP contribution in [0.5, 0.6) is 0 Å². The first-order chi connectivity index (χ1) is 12.9. The van der Waals surface area contributed by atoms with Crippen LogP contribution in [-0.4, -0.2) is 61.9 Å². The van der Waals surface area contributed by atoms with Crippen molar-refractivity contribution in [3.63, 3.8) is 0 Å². The Morgan fingerprint density at radius 2 is 1.70 bits per heavy atom. The van der Waals surface area contributed by atoms with E-state index in [1.54, 1.807) is 23.4 Å². The van der Waals surface area contributed by atoms with E-state index in [4.69, 9.17) is 4.74 Å². The first-order valence-corrected chi connectivity index (χ1v) is 11.3. The number of benzene rings is 1. The quantitative estimate of drug-likeness (QED) is 0.769. The first-order valence-electron chi connectivity index (χ1n) is 9.89. The average molecular weight is 395 g/mol. The molecule has 0 aromatic heterocycles. The molecule has 7 heteroatoms. The van der Waals surface area contributed by atoms with Gasteiger partial charge in [-0.05, 0) is 43.7 Å². The van der Waals surface area contributed by atoms with Crippen molar-refractivity contribution in [3.05, 3.63) is 29.8 Å². The molecule has 2 aliphatic rings. The smallest absolute Gasteiger partial charge is 0.243 e. The summed E-state index contributed by atoms with van der Waals surface area (Å²) < 4.78 is 33.2. The van der Waals surface area contributed by atoms with Crippen molar-refractivity contribution in [1.82, 2.24) is 9.21 Å².